The number of H-pyrrole nitrogens is 2. The Labute approximate surface area is 349 Å². The van der Waals surface area contributed by atoms with E-state index in [0.29, 0.717) is 66.1 Å². The molecule has 0 spiro atoms. The minimum atomic E-state index is -0.537. The van der Waals surface area contributed by atoms with Gasteiger partial charge < -0.3 is 9.97 Å². The second-order valence-electron chi connectivity index (χ2n) is 13.4. The monoisotopic (exact) mass is 840 g/mol. The van der Waals surface area contributed by atoms with Gasteiger partial charge in [0, 0.05) is 66.5 Å². The van der Waals surface area contributed by atoms with Crippen LogP contribution in [0.5, 0.6) is 0 Å². The fraction of sp³-hybridized carbons (Fsp3) is 0. The minimum Gasteiger partial charge on any atom is -0.354 e. The van der Waals surface area contributed by atoms with Gasteiger partial charge in [-0.1, -0.05) is 70.7 Å². The number of halogens is 4. The molecule has 9 rings (SSSR count). The molecule has 14 heteroatoms. The molecule has 4 aromatic carbocycles. The first-order chi connectivity index (χ1) is 28.0. The first-order valence-electron chi connectivity index (χ1n) is 17.6. The second-order valence-corrected chi connectivity index (χ2v) is 15.1. The van der Waals surface area contributed by atoms with E-state index in [0.717, 1.165) is 33.3 Å². The lowest BCUT2D eigenvalue weighted by Gasteiger charge is -2.08. The van der Waals surface area contributed by atoms with Crippen LogP contribution in [0, 0.1) is 20.2 Å². The topological polar surface area (TPSA) is 144 Å². The minimum absolute atomic E-state index is 0.0427. The van der Waals surface area contributed by atoms with Crippen LogP contribution >= 0.6 is 46.4 Å². The third-order valence-electron chi connectivity index (χ3n) is 9.85. The summed E-state index contributed by atoms with van der Waals surface area (Å²) in [4.78, 5) is 40.0. The average molecular weight is 843 g/mol. The van der Waals surface area contributed by atoms with Gasteiger partial charge in [-0.15, -0.1) is 0 Å². The SMILES string of the molecule is O=[N+]([O-])c1ccc(-c2c3nc(c(-c4cccc(Cl)c4)c4ccc([nH]4)c(-c4cccc(Cl)c4)c4nc(c(-c5ccc([N+](=O)[O-])c(Cl)c5)c5ccc2[nH]5)C=C4)C=C3)cc1Cl. The fourth-order valence-corrected chi connectivity index (χ4v) is 8.21. The smallest absolute Gasteiger partial charge is 0.287 e. The molecule has 7 aromatic rings. The lowest BCUT2D eigenvalue weighted by Crippen LogP contribution is -1.92. The van der Waals surface area contributed by atoms with Crippen LogP contribution in [-0.2, 0) is 0 Å². The summed E-state index contributed by atoms with van der Waals surface area (Å²) in [5.41, 5.74) is 10.1. The van der Waals surface area contributed by atoms with Crippen molar-refractivity contribution in [3.05, 3.63) is 172 Å². The Hall–Kier alpha value is -6.56. The predicted octanol–water partition coefficient (Wildman–Crippen LogP) is 13.8. The lowest BCUT2D eigenvalue weighted by molar-refractivity contribution is -0.384. The second kappa shape index (κ2) is 14.7. The van der Waals surface area contributed by atoms with Gasteiger partial charge in [0.15, 0.2) is 0 Å². The van der Waals surface area contributed by atoms with Crippen LogP contribution in [0.3, 0.4) is 0 Å². The van der Waals surface area contributed by atoms with Crippen molar-refractivity contribution in [1.82, 2.24) is 19.9 Å². The lowest BCUT2D eigenvalue weighted by atomic mass is 10.0. The van der Waals surface area contributed by atoms with Crippen molar-refractivity contribution in [2.75, 3.05) is 0 Å². The van der Waals surface area contributed by atoms with Gasteiger partial charge in [-0.3, -0.25) is 20.2 Å². The molecule has 0 saturated heterocycles. The largest absolute Gasteiger partial charge is 0.354 e. The number of benzene rings is 4. The molecule has 0 unspecified atom stereocenters. The molecule has 2 N–H and O–H groups in total. The van der Waals surface area contributed by atoms with Crippen molar-refractivity contribution in [2.45, 2.75) is 0 Å². The fourth-order valence-electron chi connectivity index (χ4n) is 7.33. The number of nitrogens with one attached hydrogen (secondary N) is 2. The van der Waals surface area contributed by atoms with Crippen molar-refractivity contribution in [3.8, 4) is 44.5 Å². The zero-order chi connectivity index (χ0) is 40.2. The Morgan fingerprint density at radius 3 is 1.05 bits per heavy atom. The molecule has 5 heterocycles. The molecular weight excluding hydrogens is 818 g/mol. The molecule has 8 bridgehead atoms. The number of fused-ring (bicyclic) bond motifs is 8. The normalized spacial score (nSPS) is 11.9. The molecule has 0 fully saturated rings. The summed E-state index contributed by atoms with van der Waals surface area (Å²) in [5.74, 6) is 0. The van der Waals surface area contributed by atoms with Gasteiger partial charge in [-0.2, -0.15) is 0 Å². The number of rotatable bonds is 6. The van der Waals surface area contributed by atoms with Crippen LogP contribution in [-0.4, -0.2) is 29.8 Å². The summed E-state index contributed by atoms with van der Waals surface area (Å²) in [6.45, 7) is 0. The van der Waals surface area contributed by atoms with Crippen LogP contribution in [0.4, 0.5) is 11.4 Å². The highest BCUT2D eigenvalue weighted by Gasteiger charge is 2.22. The quantitative estimate of drug-likeness (QED) is 0.126. The number of nitro benzene ring substituents is 2. The van der Waals surface area contributed by atoms with Crippen molar-refractivity contribution in [2.24, 2.45) is 0 Å². The van der Waals surface area contributed by atoms with Gasteiger partial charge in [0.1, 0.15) is 10.0 Å². The Kier molecular flexibility index (Phi) is 9.42. The summed E-state index contributed by atoms with van der Waals surface area (Å²) >= 11 is 26.2. The van der Waals surface area contributed by atoms with Crippen molar-refractivity contribution in [1.29, 1.82) is 0 Å². The molecule has 2 aliphatic rings. The van der Waals surface area contributed by atoms with E-state index in [9.17, 15) is 20.2 Å². The summed E-state index contributed by atoms with van der Waals surface area (Å²) in [7, 11) is 0. The van der Waals surface area contributed by atoms with E-state index >= 15 is 0 Å². The molecule has 2 aliphatic heterocycles. The van der Waals surface area contributed by atoms with Crippen LogP contribution in [0.25, 0.3) is 90.9 Å². The molecule has 3 aromatic heterocycles. The molecule has 0 amide bonds. The first kappa shape index (κ1) is 37.0. The van der Waals surface area contributed by atoms with E-state index in [1.54, 1.807) is 36.4 Å². The Bertz CT molecular complexity index is 2950. The molecule has 0 radical (unpaired) electrons. The maximum Gasteiger partial charge on any atom is 0.287 e. The van der Waals surface area contributed by atoms with Gasteiger partial charge in [-0.25, -0.2) is 9.97 Å². The molecule has 0 atom stereocenters. The number of nitrogens with zero attached hydrogens (tertiary/aromatic N) is 4. The predicted molar refractivity (Wildman–Crippen MR) is 234 cm³/mol. The molecule has 0 aliphatic carbocycles. The number of hydrogen-bond donors (Lipinski definition) is 2. The third-order valence-corrected chi connectivity index (χ3v) is 10.9. The van der Waals surface area contributed by atoms with Crippen LogP contribution in [0.1, 0.15) is 22.8 Å². The molecule has 58 heavy (non-hydrogen) atoms. The van der Waals surface area contributed by atoms with E-state index in [2.05, 4.69) is 9.97 Å². The first-order valence-corrected chi connectivity index (χ1v) is 19.1. The summed E-state index contributed by atoms with van der Waals surface area (Å²) in [5, 5.41) is 24.5. The van der Waals surface area contributed by atoms with Gasteiger partial charge in [0.25, 0.3) is 11.4 Å². The maximum absolute atomic E-state index is 11.8. The van der Waals surface area contributed by atoms with E-state index in [4.69, 9.17) is 56.4 Å². The summed E-state index contributed by atoms with van der Waals surface area (Å²) in [6, 6.07) is 31.8. The zero-order valence-electron chi connectivity index (χ0n) is 29.6. The van der Waals surface area contributed by atoms with Crippen LogP contribution in [0.15, 0.2) is 109 Å². The standard InChI is InChI=1S/C44H24Cl4N6O4/c45-27-5-1-3-23(19-27)41-31-9-10-32(49-31)42(24-4-2-6-28(46)20-24)34-12-14-36(51-34)44(26-8-18-40(54(57)58)30(48)22-26)38-16-15-37(52-38)43(35-13-11-33(41)50-35)25-7-17-39(53(55)56)29(47)21-25/h1-22,49,52H. The molecule has 282 valence electrons. The highest BCUT2D eigenvalue weighted by Crippen LogP contribution is 2.41. The summed E-state index contributed by atoms with van der Waals surface area (Å²) in [6.07, 6.45) is 7.57. The van der Waals surface area contributed by atoms with Crippen molar-refractivity contribution in [3.63, 3.8) is 0 Å². The zero-order valence-corrected chi connectivity index (χ0v) is 32.7. The van der Waals surface area contributed by atoms with E-state index < -0.39 is 9.85 Å². The molecule has 10 nitrogen and oxygen atoms in total. The molecule has 0 saturated carbocycles. The number of aromatic amines is 2. The van der Waals surface area contributed by atoms with Gasteiger partial charge >= 0.3 is 0 Å². The van der Waals surface area contributed by atoms with Crippen molar-refractivity contribution >= 4 is 104 Å². The Morgan fingerprint density at radius 1 is 0.431 bits per heavy atom. The number of aromatic nitrogens is 4. The van der Waals surface area contributed by atoms with Gasteiger partial charge in [0.2, 0.25) is 0 Å². The molecular formula is C44H24Cl4N6O4. The van der Waals surface area contributed by atoms with Crippen LogP contribution in [0.2, 0.25) is 20.1 Å². The van der Waals surface area contributed by atoms with Gasteiger partial charge in [-0.05, 0) is 119 Å². The highest BCUT2D eigenvalue weighted by molar-refractivity contribution is 6.33. The van der Waals surface area contributed by atoms with Gasteiger partial charge in [0.05, 0.1) is 32.6 Å². The van der Waals surface area contributed by atoms with Crippen LogP contribution < -0.4 is 0 Å². The third kappa shape index (κ3) is 6.71. The average Bonchev–Trinajstić information content (AvgIpc) is 4.03. The Morgan fingerprint density at radius 2 is 0.759 bits per heavy atom. The van der Waals surface area contributed by atoms with Crippen molar-refractivity contribution < 1.29 is 9.85 Å². The highest BCUT2D eigenvalue weighted by atomic mass is 35.5. The Balaban J connectivity index is 1.47. The van der Waals surface area contributed by atoms with E-state index in [-0.39, 0.29) is 21.4 Å². The number of hydrogen-bond acceptors (Lipinski definition) is 6. The van der Waals surface area contributed by atoms with E-state index in [1.807, 2.05) is 85.0 Å². The summed E-state index contributed by atoms with van der Waals surface area (Å²) < 4.78 is 0. The maximum atomic E-state index is 11.8. The number of nitro groups is 2. The van der Waals surface area contributed by atoms with E-state index in [1.165, 1.54) is 12.1 Å².